The summed E-state index contributed by atoms with van der Waals surface area (Å²) in [6.45, 7) is 0. The first kappa shape index (κ1) is 9.61. The number of benzene rings is 2. The molecule has 1 nitrogen and oxygen atoms in total. The van der Waals surface area contributed by atoms with Crippen LogP contribution in [-0.2, 0) is 12.8 Å². The molecule has 0 saturated carbocycles. The molecule has 0 aliphatic heterocycles. The predicted octanol–water partition coefficient (Wildman–Crippen LogP) is 2.87. The monoisotopic (exact) mass is 210 g/mol. The van der Waals surface area contributed by atoms with Crippen molar-refractivity contribution in [2.24, 2.45) is 0 Å². The highest BCUT2D eigenvalue weighted by molar-refractivity contribution is 5.41. The minimum Gasteiger partial charge on any atom is -0.388 e. The molecule has 0 spiro atoms. The number of fused-ring (bicyclic) bond motifs is 2. The molecule has 0 amide bonds. The Bertz CT molecular complexity index is 516. The van der Waals surface area contributed by atoms with Crippen molar-refractivity contribution in [2.75, 3.05) is 0 Å². The van der Waals surface area contributed by atoms with Gasteiger partial charge in [-0.3, -0.25) is 0 Å². The molecule has 1 atom stereocenters. The lowest BCUT2D eigenvalue weighted by atomic mass is 10.0. The lowest BCUT2D eigenvalue weighted by Gasteiger charge is -2.10. The Morgan fingerprint density at radius 1 is 0.812 bits per heavy atom. The highest BCUT2D eigenvalue weighted by atomic mass is 16.3. The van der Waals surface area contributed by atoms with Crippen LogP contribution in [0.4, 0.5) is 0 Å². The van der Waals surface area contributed by atoms with E-state index in [1.54, 1.807) is 0 Å². The van der Waals surface area contributed by atoms with Crippen molar-refractivity contribution in [1.29, 1.82) is 0 Å². The number of aliphatic hydroxyl groups excluding tert-OH is 1. The van der Waals surface area contributed by atoms with E-state index in [4.69, 9.17) is 0 Å². The van der Waals surface area contributed by atoms with Gasteiger partial charge in [-0.15, -0.1) is 0 Å². The Balaban J connectivity index is 2.15. The summed E-state index contributed by atoms with van der Waals surface area (Å²) >= 11 is 0. The van der Waals surface area contributed by atoms with Gasteiger partial charge in [0.05, 0.1) is 6.10 Å². The smallest absolute Gasteiger partial charge is 0.0833 e. The fraction of sp³-hybridized carbons (Fsp3) is 0.200. The van der Waals surface area contributed by atoms with Crippen LogP contribution >= 0.6 is 0 Å². The van der Waals surface area contributed by atoms with Crippen LogP contribution in [0.5, 0.6) is 0 Å². The first-order valence-corrected chi connectivity index (χ1v) is 5.67. The van der Waals surface area contributed by atoms with E-state index < -0.39 is 0 Å². The lowest BCUT2D eigenvalue weighted by Crippen LogP contribution is -2.01. The third kappa shape index (κ3) is 1.54. The Labute approximate surface area is 95.4 Å². The molecule has 0 radical (unpaired) electrons. The van der Waals surface area contributed by atoms with Gasteiger partial charge in [0, 0.05) is 6.42 Å². The highest BCUT2D eigenvalue weighted by Gasteiger charge is 2.18. The Morgan fingerprint density at radius 3 is 2.25 bits per heavy atom. The summed E-state index contributed by atoms with van der Waals surface area (Å²) in [4.78, 5) is 0. The predicted molar refractivity (Wildman–Crippen MR) is 64.4 cm³/mol. The van der Waals surface area contributed by atoms with Gasteiger partial charge in [0.2, 0.25) is 0 Å². The van der Waals surface area contributed by atoms with Crippen LogP contribution in [0.2, 0.25) is 0 Å². The van der Waals surface area contributed by atoms with Gasteiger partial charge in [-0.1, -0.05) is 48.5 Å². The molecule has 80 valence electrons. The molecule has 0 saturated heterocycles. The van der Waals surface area contributed by atoms with E-state index >= 15 is 0 Å². The Kier molecular flexibility index (Phi) is 2.26. The first-order valence-electron chi connectivity index (χ1n) is 5.67. The summed E-state index contributed by atoms with van der Waals surface area (Å²) in [5, 5.41) is 10.2. The zero-order chi connectivity index (χ0) is 11.0. The summed E-state index contributed by atoms with van der Waals surface area (Å²) in [7, 11) is 0. The van der Waals surface area contributed by atoms with E-state index in [2.05, 4.69) is 24.3 Å². The molecule has 0 bridgehead atoms. The van der Waals surface area contributed by atoms with E-state index in [0.717, 1.165) is 18.4 Å². The van der Waals surface area contributed by atoms with E-state index in [9.17, 15) is 5.11 Å². The minimum absolute atomic E-state index is 0.361. The maximum Gasteiger partial charge on any atom is 0.0833 e. The maximum atomic E-state index is 10.2. The van der Waals surface area contributed by atoms with Crippen molar-refractivity contribution in [2.45, 2.75) is 18.9 Å². The quantitative estimate of drug-likeness (QED) is 0.709. The lowest BCUT2D eigenvalue weighted by molar-refractivity contribution is 0.178. The number of aliphatic hydroxyl groups is 1. The van der Waals surface area contributed by atoms with E-state index in [0.29, 0.717) is 0 Å². The topological polar surface area (TPSA) is 20.2 Å². The fourth-order valence-corrected chi connectivity index (χ4v) is 2.47. The van der Waals surface area contributed by atoms with Crippen molar-refractivity contribution in [3.05, 3.63) is 70.8 Å². The van der Waals surface area contributed by atoms with Crippen LogP contribution < -0.4 is 0 Å². The molecule has 2 aromatic carbocycles. The van der Waals surface area contributed by atoms with E-state index in [-0.39, 0.29) is 6.10 Å². The summed E-state index contributed by atoms with van der Waals surface area (Å²) < 4.78 is 0. The largest absolute Gasteiger partial charge is 0.388 e. The van der Waals surface area contributed by atoms with Crippen LogP contribution in [0.25, 0.3) is 0 Å². The second-order valence-electron chi connectivity index (χ2n) is 4.36. The van der Waals surface area contributed by atoms with Crippen molar-refractivity contribution in [3.63, 3.8) is 0 Å². The minimum atomic E-state index is -0.361. The fourth-order valence-electron chi connectivity index (χ4n) is 2.47. The van der Waals surface area contributed by atoms with Gasteiger partial charge in [-0.05, 0) is 28.7 Å². The molecule has 1 aliphatic carbocycles. The third-order valence-corrected chi connectivity index (χ3v) is 3.33. The van der Waals surface area contributed by atoms with Crippen molar-refractivity contribution >= 4 is 0 Å². The third-order valence-electron chi connectivity index (χ3n) is 3.33. The molecule has 1 aliphatic rings. The molecular formula is C15H14O. The average molecular weight is 210 g/mol. The van der Waals surface area contributed by atoms with Crippen molar-refractivity contribution in [1.82, 2.24) is 0 Å². The van der Waals surface area contributed by atoms with Gasteiger partial charge in [0.25, 0.3) is 0 Å². The maximum absolute atomic E-state index is 10.2. The number of hydrogen-bond donors (Lipinski definition) is 1. The summed E-state index contributed by atoms with van der Waals surface area (Å²) in [5.41, 5.74) is 4.94. The summed E-state index contributed by atoms with van der Waals surface area (Å²) in [5.74, 6) is 0. The van der Waals surface area contributed by atoms with Crippen LogP contribution in [-0.4, -0.2) is 5.11 Å². The number of rotatable bonds is 0. The van der Waals surface area contributed by atoms with Gasteiger partial charge in [-0.2, -0.15) is 0 Å². The molecule has 1 unspecified atom stereocenters. The molecule has 3 rings (SSSR count). The standard InChI is InChI=1S/C15H14O/c16-15-10-12-6-2-1-5-11(12)9-13-7-3-4-8-14(13)15/h1-8,15-16H,9-10H2. The van der Waals surface area contributed by atoms with Crippen LogP contribution in [0.15, 0.2) is 48.5 Å². The second-order valence-corrected chi connectivity index (χ2v) is 4.36. The van der Waals surface area contributed by atoms with Gasteiger partial charge in [0.15, 0.2) is 0 Å². The SMILES string of the molecule is OC1Cc2ccccc2Cc2ccccc21. The summed E-state index contributed by atoms with van der Waals surface area (Å²) in [6.07, 6.45) is 1.30. The molecule has 0 fully saturated rings. The van der Waals surface area contributed by atoms with E-state index in [1.165, 1.54) is 16.7 Å². The van der Waals surface area contributed by atoms with Crippen LogP contribution in [0, 0.1) is 0 Å². The van der Waals surface area contributed by atoms with Gasteiger partial charge < -0.3 is 5.11 Å². The molecule has 16 heavy (non-hydrogen) atoms. The van der Waals surface area contributed by atoms with Crippen molar-refractivity contribution in [3.8, 4) is 0 Å². The van der Waals surface area contributed by atoms with Crippen LogP contribution in [0.3, 0.4) is 0 Å². The highest BCUT2D eigenvalue weighted by Crippen LogP contribution is 2.29. The molecular weight excluding hydrogens is 196 g/mol. The Hall–Kier alpha value is -1.60. The zero-order valence-electron chi connectivity index (χ0n) is 9.06. The molecule has 1 heteroatoms. The normalized spacial score (nSPS) is 18.4. The molecule has 1 N–H and O–H groups in total. The summed E-state index contributed by atoms with van der Waals surface area (Å²) in [6, 6.07) is 16.6. The molecule has 0 heterocycles. The molecule has 2 aromatic rings. The number of hydrogen-bond acceptors (Lipinski definition) is 1. The average Bonchev–Trinajstić information content (AvgIpc) is 2.45. The Morgan fingerprint density at radius 2 is 1.44 bits per heavy atom. The van der Waals surface area contributed by atoms with E-state index in [1.807, 2.05) is 24.3 Å². The van der Waals surface area contributed by atoms with Crippen LogP contribution in [0.1, 0.15) is 28.4 Å². The van der Waals surface area contributed by atoms with Gasteiger partial charge in [-0.25, -0.2) is 0 Å². The molecule has 0 aromatic heterocycles. The van der Waals surface area contributed by atoms with Gasteiger partial charge >= 0.3 is 0 Å². The first-order chi connectivity index (χ1) is 7.84. The van der Waals surface area contributed by atoms with Crippen molar-refractivity contribution < 1.29 is 5.11 Å². The van der Waals surface area contributed by atoms with Gasteiger partial charge in [0.1, 0.15) is 0 Å². The second kappa shape index (κ2) is 3.76. The zero-order valence-corrected chi connectivity index (χ0v) is 9.06.